The van der Waals surface area contributed by atoms with Gasteiger partial charge < -0.3 is 10.2 Å². The van der Waals surface area contributed by atoms with Crippen LogP contribution in [-0.4, -0.2) is 22.2 Å². The molecule has 0 spiro atoms. The van der Waals surface area contributed by atoms with E-state index in [-0.39, 0.29) is 0 Å². The third-order valence-electron chi connectivity index (χ3n) is 1.28. The van der Waals surface area contributed by atoms with Crippen LogP contribution in [0.3, 0.4) is 0 Å². The highest BCUT2D eigenvalue weighted by atomic mass is 16.4. The standard InChI is InChI=1S/2C5H10O2.3C3H6/c2*1-5(2,3)4(6)7;3*1-3-2/h2*1-3H3,(H,6,7);3*3H,1H2,2H3. The Morgan fingerprint density at radius 1 is 0.652 bits per heavy atom. The number of carboxylic acid groups (broad SMARTS) is 2. The molecule has 0 aromatic rings. The van der Waals surface area contributed by atoms with Crippen molar-refractivity contribution in [1.82, 2.24) is 0 Å². The number of hydrogen-bond acceptors (Lipinski definition) is 2. The lowest BCUT2D eigenvalue weighted by Gasteiger charge is -2.08. The maximum Gasteiger partial charge on any atom is 0.308 e. The van der Waals surface area contributed by atoms with E-state index >= 15 is 0 Å². The minimum Gasteiger partial charge on any atom is -0.481 e. The molecule has 0 aliphatic rings. The molecule has 0 unspecified atom stereocenters. The van der Waals surface area contributed by atoms with Gasteiger partial charge in [0.1, 0.15) is 0 Å². The van der Waals surface area contributed by atoms with Crippen LogP contribution in [0, 0.1) is 10.8 Å². The van der Waals surface area contributed by atoms with Crippen LogP contribution in [-0.2, 0) is 9.59 Å². The van der Waals surface area contributed by atoms with E-state index in [1.807, 2.05) is 20.8 Å². The van der Waals surface area contributed by atoms with Gasteiger partial charge in [-0.15, -0.1) is 19.7 Å². The molecule has 0 saturated carbocycles. The van der Waals surface area contributed by atoms with Crippen LogP contribution < -0.4 is 0 Å². The van der Waals surface area contributed by atoms with Crippen LogP contribution >= 0.6 is 0 Å². The first kappa shape index (κ1) is 32.9. The fourth-order valence-corrected chi connectivity index (χ4v) is 0. The summed E-state index contributed by atoms with van der Waals surface area (Å²) in [4.78, 5) is 20.0. The molecular weight excluding hydrogens is 292 g/mol. The van der Waals surface area contributed by atoms with Gasteiger partial charge in [-0.05, 0) is 62.3 Å². The zero-order valence-corrected chi connectivity index (χ0v) is 16.6. The quantitative estimate of drug-likeness (QED) is 0.549. The molecule has 0 radical (unpaired) electrons. The highest BCUT2D eigenvalue weighted by Gasteiger charge is 2.19. The van der Waals surface area contributed by atoms with Crippen molar-refractivity contribution in [2.75, 3.05) is 0 Å². The second-order valence-corrected chi connectivity index (χ2v) is 6.34. The minimum atomic E-state index is -0.757. The van der Waals surface area contributed by atoms with Crippen molar-refractivity contribution in [2.24, 2.45) is 10.8 Å². The Bertz CT molecular complexity index is 277. The highest BCUT2D eigenvalue weighted by Crippen LogP contribution is 2.11. The Kier molecular flexibility index (Phi) is 28.9. The van der Waals surface area contributed by atoms with Crippen LogP contribution in [0.2, 0.25) is 0 Å². The van der Waals surface area contributed by atoms with Gasteiger partial charge in [-0.3, -0.25) is 9.59 Å². The molecule has 0 aliphatic heterocycles. The lowest BCUT2D eigenvalue weighted by Crippen LogP contribution is -2.18. The Labute approximate surface area is 143 Å². The summed E-state index contributed by atoms with van der Waals surface area (Å²) in [6.07, 6.45) is 5.25. The van der Waals surface area contributed by atoms with Crippen molar-refractivity contribution in [3.8, 4) is 0 Å². The van der Waals surface area contributed by atoms with Crippen LogP contribution in [0.5, 0.6) is 0 Å². The third kappa shape index (κ3) is 64.4. The normalized spacial score (nSPS) is 8.57. The van der Waals surface area contributed by atoms with E-state index < -0.39 is 22.8 Å². The van der Waals surface area contributed by atoms with Crippen molar-refractivity contribution in [3.05, 3.63) is 38.0 Å². The average molecular weight is 331 g/mol. The lowest BCUT2D eigenvalue weighted by molar-refractivity contribution is -0.146. The molecule has 0 aromatic heterocycles. The summed E-state index contributed by atoms with van der Waals surface area (Å²) in [5.74, 6) is -1.51. The zero-order chi connectivity index (χ0) is 20.3. The molecule has 4 nitrogen and oxygen atoms in total. The Morgan fingerprint density at radius 3 is 0.696 bits per heavy atom. The van der Waals surface area contributed by atoms with Gasteiger partial charge >= 0.3 is 11.9 Å². The number of allylic oxidation sites excluding steroid dienone is 3. The van der Waals surface area contributed by atoms with E-state index in [4.69, 9.17) is 10.2 Å². The topological polar surface area (TPSA) is 74.6 Å². The van der Waals surface area contributed by atoms with Gasteiger partial charge in [0, 0.05) is 0 Å². The predicted octanol–water partition coefficient (Wildman–Crippen LogP) is 5.81. The summed E-state index contributed by atoms with van der Waals surface area (Å²) in [5.41, 5.74) is -1.17. The second-order valence-electron chi connectivity index (χ2n) is 6.34. The fraction of sp³-hybridized carbons (Fsp3) is 0.579. The largest absolute Gasteiger partial charge is 0.481 e. The predicted molar refractivity (Wildman–Crippen MR) is 102 cm³/mol. The van der Waals surface area contributed by atoms with Gasteiger partial charge in [-0.1, -0.05) is 18.2 Å². The van der Waals surface area contributed by atoms with Crippen molar-refractivity contribution in [1.29, 1.82) is 0 Å². The van der Waals surface area contributed by atoms with Crippen molar-refractivity contribution >= 4 is 11.9 Å². The molecule has 0 aliphatic carbocycles. The maximum absolute atomic E-state index is 10.0. The van der Waals surface area contributed by atoms with Gasteiger partial charge in [0.2, 0.25) is 0 Å². The minimum absolute atomic E-state index is 0.583. The van der Waals surface area contributed by atoms with Crippen LogP contribution in [0.25, 0.3) is 0 Å². The zero-order valence-electron chi connectivity index (χ0n) is 16.6. The van der Waals surface area contributed by atoms with Crippen LogP contribution in [0.1, 0.15) is 62.3 Å². The van der Waals surface area contributed by atoms with E-state index in [1.54, 1.807) is 59.8 Å². The van der Waals surface area contributed by atoms with Gasteiger partial charge in [0.15, 0.2) is 0 Å². The molecular formula is C19H38O4. The summed E-state index contributed by atoms with van der Waals surface area (Å²) in [6.45, 7) is 25.7. The van der Waals surface area contributed by atoms with E-state index in [0.29, 0.717) is 0 Å². The van der Waals surface area contributed by atoms with Crippen LogP contribution in [0.15, 0.2) is 38.0 Å². The van der Waals surface area contributed by atoms with Gasteiger partial charge in [0.05, 0.1) is 10.8 Å². The van der Waals surface area contributed by atoms with Crippen molar-refractivity contribution < 1.29 is 19.8 Å². The summed E-state index contributed by atoms with van der Waals surface area (Å²) in [5, 5.41) is 16.5. The molecule has 0 saturated heterocycles. The molecule has 0 amide bonds. The number of aliphatic carboxylic acids is 2. The number of rotatable bonds is 0. The molecule has 0 rings (SSSR count). The molecule has 4 heteroatoms. The van der Waals surface area contributed by atoms with Crippen molar-refractivity contribution in [3.63, 3.8) is 0 Å². The Morgan fingerprint density at radius 2 is 0.696 bits per heavy atom. The Balaban J connectivity index is -0.0000000630. The summed E-state index contributed by atoms with van der Waals surface area (Å²) < 4.78 is 0. The number of carbonyl (C=O) groups is 2. The molecule has 0 bridgehead atoms. The van der Waals surface area contributed by atoms with Crippen LogP contribution in [0.4, 0.5) is 0 Å². The van der Waals surface area contributed by atoms with Crippen molar-refractivity contribution in [2.45, 2.75) is 62.3 Å². The number of hydrogen-bond donors (Lipinski definition) is 2. The molecule has 2 N–H and O–H groups in total. The maximum atomic E-state index is 10.0. The van der Waals surface area contributed by atoms with Gasteiger partial charge in [0.25, 0.3) is 0 Å². The SMILES string of the molecule is C=CC.C=CC.C=CC.CC(C)(C)C(=O)O.CC(C)(C)C(=O)O. The first-order chi connectivity index (χ1) is 10.1. The Hall–Kier alpha value is -1.84. The van der Waals surface area contributed by atoms with E-state index in [1.165, 1.54) is 0 Å². The molecule has 23 heavy (non-hydrogen) atoms. The van der Waals surface area contributed by atoms with E-state index in [0.717, 1.165) is 0 Å². The molecule has 138 valence electrons. The summed E-state index contributed by atoms with van der Waals surface area (Å²) in [6, 6.07) is 0. The van der Waals surface area contributed by atoms with E-state index in [2.05, 4.69) is 19.7 Å². The fourth-order valence-electron chi connectivity index (χ4n) is 0. The molecule has 0 heterocycles. The first-order valence-electron chi connectivity index (χ1n) is 7.31. The second kappa shape index (κ2) is 20.2. The molecule has 0 atom stereocenters. The first-order valence-corrected chi connectivity index (χ1v) is 7.31. The monoisotopic (exact) mass is 330 g/mol. The summed E-state index contributed by atoms with van der Waals surface area (Å²) >= 11 is 0. The van der Waals surface area contributed by atoms with E-state index in [9.17, 15) is 9.59 Å². The molecule has 0 aromatic carbocycles. The molecule has 0 fully saturated rings. The lowest BCUT2D eigenvalue weighted by atomic mass is 9.98. The van der Waals surface area contributed by atoms with Gasteiger partial charge in [-0.25, -0.2) is 0 Å². The third-order valence-corrected chi connectivity index (χ3v) is 1.28. The number of carboxylic acids is 2. The summed E-state index contributed by atoms with van der Waals surface area (Å²) in [7, 11) is 0. The average Bonchev–Trinajstić information content (AvgIpc) is 2.30. The van der Waals surface area contributed by atoms with Gasteiger partial charge in [-0.2, -0.15) is 0 Å². The highest BCUT2D eigenvalue weighted by molar-refractivity contribution is 5.73. The smallest absolute Gasteiger partial charge is 0.308 e.